The summed E-state index contributed by atoms with van der Waals surface area (Å²) in [4.78, 5) is 33.2. The molecule has 1 amide bonds. The van der Waals surface area contributed by atoms with E-state index in [0.717, 1.165) is 16.9 Å². The molecule has 0 spiro atoms. The van der Waals surface area contributed by atoms with E-state index in [2.05, 4.69) is 54.2 Å². The van der Waals surface area contributed by atoms with Crippen LogP contribution in [-0.2, 0) is 10.2 Å². The quantitative estimate of drug-likeness (QED) is 0.150. The maximum Gasteiger partial charge on any atom is 0.271 e. The molecule has 0 radical (unpaired) electrons. The molecule has 0 saturated heterocycles. The molecule has 0 bridgehead atoms. The van der Waals surface area contributed by atoms with Gasteiger partial charge >= 0.3 is 0 Å². The van der Waals surface area contributed by atoms with Crippen LogP contribution in [0.2, 0.25) is 0 Å². The molecule has 1 aliphatic rings. The number of methoxy groups -OCH3 is 1. The van der Waals surface area contributed by atoms with Crippen LogP contribution in [0.3, 0.4) is 0 Å². The minimum atomic E-state index is -0.658. The zero-order valence-electron chi connectivity index (χ0n) is 28.5. The van der Waals surface area contributed by atoms with Crippen molar-refractivity contribution in [1.29, 1.82) is 0 Å². The standard InChI is InChI=1S/C40H38BrN3O5S/c1-25-34(37(45)43-29-14-10-7-11-15-29)35(27-12-8-6-9-13-27)44-38(46)33(50-39(44)42-25)24-26-22-31(41)36(32(23-26)47-5)49-21-20-48-30-18-16-28(17-19-30)40(2,3)4/h6-19,22-24,35H,20-21H2,1-5H3,(H,43,45)/b33-24-. The van der Waals surface area contributed by atoms with Crippen LogP contribution in [0, 0.1) is 0 Å². The lowest BCUT2D eigenvalue weighted by atomic mass is 9.87. The van der Waals surface area contributed by atoms with Gasteiger partial charge in [-0.05, 0) is 87.4 Å². The number of hydrogen-bond acceptors (Lipinski definition) is 7. The third kappa shape index (κ3) is 7.61. The number of anilines is 1. The van der Waals surface area contributed by atoms with Gasteiger partial charge in [-0.25, -0.2) is 4.99 Å². The number of ether oxygens (including phenoxy) is 3. The van der Waals surface area contributed by atoms with Crippen LogP contribution in [-0.4, -0.2) is 30.8 Å². The number of aromatic nitrogens is 1. The van der Waals surface area contributed by atoms with Gasteiger partial charge in [0.1, 0.15) is 19.0 Å². The largest absolute Gasteiger partial charge is 0.493 e. The summed E-state index contributed by atoms with van der Waals surface area (Å²) in [5.74, 6) is 1.50. The number of nitrogens with one attached hydrogen (secondary N) is 1. The van der Waals surface area contributed by atoms with E-state index >= 15 is 0 Å². The van der Waals surface area contributed by atoms with Gasteiger partial charge in [-0.15, -0.1) is 0 Å². The van der Waals surface area contributed by atoms with Gasteiger partial charge in [-0.2, -0.15) is 0 Å². The van der Waals surface area contributed by atoms with Crippen molar-refractivity contribution in [2.75, 3.05) is 25.6 Å². The van der Waals surface area contributed by atoms with Crippen LogP contribution >= 0.6 is 27.3 Å². The Morgan fingerprint density at radius 1 is 0.960 bits per heavy atom. The number of carbonyl (C=O) groups is 1. The highest BCUT2D eigenvalue weighted by Crippen LogP contribution is 2.37. The fourth-order valence-corrected chi connectivity index (χ4v) is 7.37. The first kappa shape index (κ1) is 34.9. The summed E-state index contributed by atoms with van der Waals surface area (Å²) in [5, 5.41) is 2.98. The molecular weight excluding hydrogens is 714 g/mol. The molecule has 8 nitrogen and oxygen atoms in total. The molecule has 2 heterocycles. The number of halogens is 1. The Hall–Kier alpha value is -4.93. The van der Waals surface area contributed by atoms with Crippen LogP contribution in [0.5, 0.6) is 17.2 Å². The second-order valence-electron chi connectivity index (χ2n) is 12.8. The number of carbonyl (C=O) groups excluding carboxylic acids is 1. The van der Waals surface area contributed by atoms with Gasteiger partial charge in [0.15, 0.2) is 16.3 Å². The van der Waals surface area contributed by atoms with E-state index in [0.29, 0.717) is 55.5 Å². The summed E-state index contributed by atoms with van der Waals surface area (Å²) in [6, 6.07) is 29.9. The summed E-state index contributed by atoms with van der Waals surface area (Å²) < 4.78 is 20.4. The van der Waals surface area contributed by atoms with Crippen molar-refractivity contribution >= 4 is 44.9 Å². The number of allylic oxidation sites excluding steroid dienone is 1. The number of hydrogen-bond donors (Lipinski definition) is 1. The second kappa shape index (κ2) is 14.9. The fraction of sp³-hybridized carbons (Fsp3) is 0.225. The van der Waals surface area contributed by atoms with Gasteiger partial charge in [0, 0.05) is 5.69 Å². The molecule has 0 fully saturated rings. The van der Waals surface area contributed by atoms with Crippen molar-refractivity contribution in [3.8, 4) is 17.2 Å². The number of fused-ring (bicyclic) bond motifs is 1. The van der Waals surface area contributed by atoms with Gasteiger partial charge in [-0.1, -0.05) is 92.8 Å². The first-order chi connectivity index (χ1) is 24.0. The molecule has 0 aliphatic carbocycles. The maximum atomic E-state index is 14.1. The summed E-state index contributed by atoms with van der Waals surface area (Å²) in [5.41, 5.74) is 4.24. The molecule has 5 aromatic rings. The van der Waals surface area contributed by atoms with Crippen molar-refractivity contribution < 1.29 is 19.0 Å². The molecule has 50 heavy (non-hydrogen) atoms. The molecule has 1 atom stereocenters. The fourth-order valence-electron chi connectivity index (χ4n) is 5.75. The Kier molecular flexibility index (Phi) is 10.4. The normalized spacial score (nSPS) is 14.5. The molecule has 10 heteroatoms. The van der Waals surface area contributed by atoms with E-state index in [1.807, 2.05) is 84.9 Å². The van der Waals surface area contributed by atoms with Crippen LogP contribution in [0.15, 0.2) is 123 Å². The average Bonchev–Trinajstić information content (AvgIpc) is 3.40. The molecule has 1 N–H and O–H groups in total. The minimum absolute atomic E-state index is 0.0749. The van der Waals surface area contributed by atoms with Crippen molar-refractivity contribution in [3.63, 3.8) is 0 Å². The van der Waals surface area contributed by atoms with Gasteiger partial charge in [0.05, 0.1) is 33.4 Å². The lowest BCUT2D eigenvalue weighted by Gasteiger charge is -2.25. The molecule has 0 saturated carbocycles. The van der Waals surface area contributed by atoms with Crippen molar-refractivity contribution in [3.05, 3.63) is 149 Å². The van der Waals surface area contributed by atoms with Crippen LogP contribution in [0.4, 0.5) is 5.69 Å². The van der Waals surface area contributed by atoms with Crippen molar-refractivity contribution in [1.82, 2.24) is 4.57 Å². The smallest absolute Gasteiger partial charge is 0.271 e. The number of thiazole rings is 1. The van der Waals surface area contributed by atoms with Gasteiger partial charge in [0.25, 0.3) is 11.5 Å². The SMILES string of the molecule is COc1cc(/C=c2\sc3n(c2=O)C(c2ccccc2)C(C(=O)Nc2ccccc2)=C(C)N=3)cc(Br)c1OCCOc1ccc(C(C)(C)C)cc1. The first-order valence-electron chi connectivity index (χ1n) is 16.2. The third-order valence-electron chi connectivity index (χ3n) is 8.28. The van der Waals surface area contributed by atoms with E-state index < -0.39 is 6.04 Å². The lowest BCUT2D eigenvalue weighted by molar-refractivity contribution is -0.113. The van der Waals surface area contributed by atoms with Gasteiger partial charge in [-0.3, -0.25) is 14.2 Å². The zero-order valence-corrected chi connectivity index (χ0v) is 30.9. The third-order valence-corrected chi connectivity index (χ3v) is 9.85. The number of nitrogens with zero attached hydrogens (tertiary/aromatic N) is 2. The molecule has 1 aromatic heterocycles. The molecular formula is C40H38BrN3O5S. The maximum absolute atomic E-state index is 14.1. The van der Waals surface area contributed by atoms with Crippen molar-refractivity contribution in [2.24, 2.45) is 4.99 Å². The Balaban J connectivity index is 1.26. The van der Waals surface area contributed by atoms with E-state index in [9.17, 15) is 9.59 Å². The summed E-state index contributed by atoms with van der Waals surface area (Å²) in [6.45, 7) is 8.99. The lowest BCUT2D eigenvalue weighted by Crippen LogP contribution is -2.40. The number of rotatable bonds is 10. The Bertz CT molecular complexity index is 2220. The van der Waals surface area contributed by atoms with Crippen LogP contribution in [0.25, 0.3) is 6.08 Å². The van der Waals surface area contributed by atoms with Gasteiger partial charge < -0.3 is 19.5 Å². The number of para-hydroxylation sites is 1. The second-order valence-corrected chi connectivity index (χ2v) is 14.7. The molecule has 1 aliphatic heterocycles. The zero-order chi connectivity index (χ0) is 35.4. The average molecular weight is 753 g/mol. The number of benzene rings is 4. The summed E-state index contributed by atoms with van der Waals surface area (Å²) in [6.07, 6.45) is 1.80. The monoisotopic (exact) mass is 751 g/mol. The van der Waals surface area contributed by atoms with Gasteiger partial charge in [0.2, 0.25) is 0 Å². The van der Waals surface area contributed by atoms with E-state index in [1.165, 1.54) is 16.9 Å². The number of amides is 1. The predicted molar refractivity (Wildman–Crippen MR) is 202 cm³/mol. The van der Waals surface area contributed by atoms with E-state index in [1.54, 1.807) is 24.7 Å². The Labute approximate surface area is 303 Å². The first-order valence-corrected chi connectivity index (χ1v) is 17.8. The van der Waals surface area contributed by atoms with E-state index in [4.69, 9.17) is 19.2 Å². The highest BCUT2D eigenvalue weighted by molar-refractivity contribution is 9.10. The topological polar surface area (TPSA) is 91.2 Å². The summed E-state index contributed by atoms with van der Waals surface area (Å²) in [7, 11) is 1.57. The Morgan fingerprint density at radius 2 is 1.62 bits per heavy atom. The molecule has 4 aromatic carbocycles. The molecule has 6 rings (SSSR count). The summed E-state index contributed by atoms with van der Waals surface area (Å²) >= 11 is 4.91. The Morgan fingerprint density at radius 3 is 2.28 bits per heavy atom. The van der Waals surface area contributed by atoms with E-state index in [-0.39, 0.29) is 16.9 Å². The van der Waals surface area contributed by atoms with Crippen molar-refractivity contribution in [2.45, 2.75) is 39.2 Å². The van der Waals surface area contributed by atoms with Crippen LogP contribution in [0.1, 0.15) is 50.4 Å². The molecule has 1 unspecified atom stereocenters. The minimum Gasteiger partial charge on any atom is -0.493 e. The molecule has 256 valence electrons. The predicted octanol–water partition coefficient (Wildman–Crippen LogP) is 7.40. The highest BCUT2D eigenvalue weighted by Gasteiger charge is 2.32. The highest BCUT2D eigenvalue weighted by atomic mass is 79.9. The van der Waals surface area contributed by atoms with Crippen LogP contribution < -0.4 is 34.4 Å².